The summed E-state index contributed by atoms with van der Waals surface area (Å²) in [7, 11) is 0. The Kier molecular flexibility index (Phi) is 5.01. The molecule has 0 aliphatic rings. The van der Waals surface area contributed by atoms with Gasteiger partial charge in [0.25, 0.3) is 5.91 Å². The highest BCUT2D eigenvalue weighted by Crippen LogP contribution is 2.25. The number of carbonyl (C=O) groups excluding carboxylic acids is 2. The van der Waals surface area contributed by atoms with Crippen LogP contribution in [0.4, 0.5) is 5.82 Å². The summed E-state index contributed by atoms with van der Waals surface area (Å²) in [4.78, 5) is 27.9. The number of hydrogen-bond acceptors (Lipinski definition) is 6. The van der Waals surface area contributed by atoms with E-state index < -0.39 is 5.91 Å². The van der Waals surface area contributed by atoms with Crippen LogP contribution in [0, 0.1) is 0 Å². The van der Waals surface area contributed by atoms with Gasteiger partial charge in [-0.15, -0.1) is 0 Å². The first-order chi connectivity index (χ1) is 14.0. The Morgan fingerprint density at radius 2 is 1.93 bits per heavy atom. The van der Waals surface area contributed by atoms with E-state index in [9.17, 15) is 9.59 Å². The summed E-state index contributed by atoms with van der Waals surface area (Å²) in [6.45, 7) is 1.76. The predicted molar refractivity (Wildman–Crippen MR) is 105 cm³/mol. The van der Waals surface area contributed by atoms with Crippen molar-refractivity contribution in [2.75, 3.05) is 5.32 Å². The number of anilines is 1. The topological polar surface area (TPSA) is 103 Å². The van der Waals surface area contributed by atoms with Crippen molar-refractivity contribution in [3.05, 3.63) is 77.3 Å². The quantitative estimate of drug-likeness (QED) is 0.475. The lowest BCUT2D eigenvalue weighted by Crippen LogP contribution is -2.14. The molecule has 0 saturated heterocycles. The van der Waals surface area contributed by atoms with E-state index in [2.05, 4.69) is 15.4 Å². The van der Waals surface area contributed by atoms with Crippen molar-refractivity contribution in [2.24, 2.45) is 0 Å². The molecule has 4 aromatic rings. The van der Waals surface area contributed by atoms with E-state index in [1.54, 1.807) is 53.3 Å². The molecular weight excluding hydrogens is 396 g/mol. The van der Waals surface area contributed by atoms with Gasteiger partial charge in [0.1, 0.15) is 5.76 Å². The fourth-order valence-electron chi connectivity index (χ4n) is 2.72. The Morgan fingerprint density at radius 1 is 1.14 bits per heavy atom. The SMILES string of the molecule is CC(=O)c1ccc(Cn2ccc(NC(=O)c3ncoc3-c3ccc(Cl)cc3)n2)o1. The van der Waals surface area contributed by atoms with Crippen molar-refractivity contribution in [3.8, 4) is 11.3 Å². The van der Waals surface area contributed by atoms with Crippen molar-refractivity contribution in [2.45, 2.75) is 13.5 Å². The maximum Gasteiger partial charge on any atom is 0.279 e. The molecule has 0 aliphatic carbocycles. The van der Waals surface area contributed by atoms with Crippen LogP contribution in [0.3, 0.4) is 0 Å². The Labute approximate surface area is 170 Å². The third-order valence-electron chi connectivity index (χ3n) is 4.10. The minimum absolute atomic E-state index is 0.138. The molecule has 4 rings (SSSR count). The lowest BCUT2D eigenvalue weighted by Gasteiger charge is -2.02. The van der Waals surface area contributed by atoms with E-state index in [0.29, 0.717) is 40.2 Å². The first-order valence-corrected chi connectivity index (χ1v) is 9.01. The van der Waals surface area contributed by atoms with Crippen molar-refractivity contribution in [1.29, 1.82) is 0 Å². The molecule has 9 heteroatoms. The van der Waals surface area contributed by atoms with E-state index >= 15 is 0 Å². The lowest BCUT2D eigenvalue weighted by atomic mass is 10.1. The molecule has 29 heavy (non-hydrogen) atoms. The zero-order valence-electron chi connectivity index (χ0n) is 15.3. The smallest absolute Gasteiger partial charge is 0.279 e. The number of hydrogen-bond donors (Lipinski definition) is 1. The normalized spacial score (nSPS) is 10.8. The Balaban J connectivity index is 1.46. The van der Waals surface area contributed by atoms with E-state index in [-0.39, 0.29) is 11.5 Å². The predicted octanol–water partition coefficient (Wildman–Crippen LogP) is 4.29. The van der Waals surface area contributed by atoms with Gasteiger partial charge >= 0.3 is 0 Å². The Morgan fingerprint density at radius 3 is 2.66 bits per heavy atom. The van der Waals surface area contributed by atoms with Gasteiger partial charge in [0.15, 0.2) is 35.2 Å². The minimum atomic E-state index is -0.453. The van der Waals surface area contributed by atoms with Gasteiger partial charge in [0.05, 0.1) is 6.54 Å². The number of Topliss-reactive ketones (excluding diaryl/α,β-unsaturated/α-hetero) is 1. The van der Waals surface area contributed by atoms with Crippen LogP contribution in [0.5, 0.6) is 0 Å². The van der Waals surface area contributed by atoms with Gasteiger partial charge in [-0.05, 0) is 36.4 Å². The number of ketones is 1. The van der Waals surface area contributed by atoms with Gasteiger partial charge in [0.2, 0.25) is 0 Å². The lowest BCUT2D eigenvalue weighted by molar-refractivity contribution is 0.0983. The second kappa shape index (κ2) is 7.76. The average Bonchev–Trinajstić information content (AvgIpc) is 3.43. The average molecular weight is 411 g/mol. The molecule has 0 atom stereocenters. The van der Waals surface area contributed by atoms with Gasteiger partial charge in [-0.2, -0.15) is 5.10 Å². The van der Waals surface area contributed by atoms with Crippen LogP contribution < -0.4 is 5.32 Å². The number of aromatic nitrogens is 3. The molecular formula is C20H15ClN4O4. The van der Waals surface area contributed by atoms with Crippen molar-refractivity contribution in [3.63, 3.8) is 0 Å². The maximum absolute atomic E-state index is 12.6. The second-order valence-electron chi connectivity index (χ2n) is 6.21. The molecule has 0 fully saturated rings. The number of nitrogens with one attached hydrogen (secondary N) is 1. The van der Waals surface area contributed by atoms with E-state index in [1.807, 2.05) is 0 Å². The van der Waals surface area contributed by atoms with Crippen LogP contribution in [-0.4, -0.2) is 26.5 Å². The van der Waals surface area contributed by atoms with Gasteiger partial charge in [-0.3, -0.25) is 14.3 Å². The van der Waals surface area contributed by atoms with E-state index in [1.165, 1.54) is 13.3 Å². The third-order valence-corrected chi connectivity index (χ3v) is 4.35. The molecule has 0 radical (unpaired) electrons. The molecule has 0 saturated carbocycles. The van der Waals surface area contributed by atoms with Crippen molar-refractivity contribution >= 4 is 29.1 Å². The van der Waals surface area contributed by atoms with E-state index in [4.69, 9.17) is 20.4 Å². The summed E-state index contributed by atoms with van der Waals surface area (Å²) in [6, 6.07) is 11.9. The van der Waals surface area contributed by atoms with E-state index in [0.717, 1.165) is 0 Å². The molecule has 0 unspecified atom stereocenters. The molecule has 3 aromatic heterocycles. The molecule has 8 nitrogen and oxygen atoms in total. The van der Waals surface area contributed by atoms with Crippen molar-refractivity contribution < 1.29 is 18.4 Å². The number of benzene rings is 1. The summed E-state index contributed by atoms with van der Waals surface area (Å²) in [5, 5.41) is 7.56. The van der Waals surface area contributed by atoms with Gasteiger partial charge in [0, 0.05) is 29.8 Å². The van der Waals surface area contributed by atoms with Crippen LogP contribution >= 0.6 is 11.6 Å². The van der Waals surface area contributed by atoms with Crippen LogP contribution in [0.15, 0.2) is 63.9 Å². The third kappa shape index (κ3) is 4.12. The largest absolute Gasteiger partial charge is 0.456 e. The number of carbonyl (C=O) groups is 2. The van der Waals surface area contributed by atoms with Gasteiger partial charge < -0.3 is 14.2 Å². The molecule has 0 aliphatic heterocycles. The molecule has 1 aromatic carbocycles. The van der Waals surface area contributed by atoms with Crippen LogP contribution in [-0.2, 0) is 6.54 Å². The number of furan rings is 1. The minimum Gasteiger partial charge on any atom is -0.456 e. The second-order valence-corrected chi connectivity index (χ2v) is 6.65. The molecule has 1 amide bonds. The maximum atomic E-state index is 12.6. The number of oxazole rings is 1. The monoisotopic (exact) mass is 410 g/mol. The summed E-state index contributed by atoms with van der Waals surface area (Å²) in [6.07, 6.45) is 2.90. The zero-order chi connectivity index (χ0) is 20.4. The Hall–Kier alpha value is -3.65. The van der Waals surface area contributed by atoms with Gasteiger partial charge in [-0.25, -0.2) is 4.98 Å². The summed E-state index contributed by atoms with van der Waals surface area (Å²) in [5.41, 5.74) is 0.820. The molecule has 146 valence electrons. The first-order valence-electron chi connectivity index (χ1n) is 8.63. The Bertz CT molecular complexity index is 1170. The molecule has 3 heterocycles. The number of rotatable bonds is 6. The van der Waals surface area contributed by atoms with Crippen molar-refractivity contribution in [1.82, 2.24) is 14.8 Å². The summed E-state index contributed by atoms with van der Waals surface area (Å²) >= 11 is 5.90. The number of halogens is 1. The number of amides is 1. The first kappa shape index (κ1) is 18.7. The number of nitrogens with zero attached hydrogens (tertiary/aromatic N) is 3. The molecule has 0 spiro atoms. The highest BCUT2D eigenvalue weighted by atomic mass is 35.5. The zero-order valence-corrected chi connectivity index (χ0v) is 16.0. The summed E-state index contributed by atoms with van der Waals surface area (Å²) < 4.78 is 12.4. The van der Waals surface area contributed by atoms with Crippen LogP contribution in [0.1, 0.15) is 33.7 Å². The summed E-state index contributed by atoms with van der Waals surface area (Å²) in [5.74, 6) is 0.961. The molecule has 0 bridgehead atoms. The van der Waals surface area contributed by atoms with Crippen LogP contribution in [0.2, 0.25) is 5.02 Å². The fourth-order valence-corrected chi connectivity index (χ4v) is 2.84. The molecule has 1 N–H and O–H groups in total. The highest BCUT2D eigenvalue weighted by molar-refractivity contribution is 6.30. The standard InChI is InChI=1S/C20H15ClN4O4/c1-12(26)16-7-6-15(29-16)10-25-9-8-17(24-25)23-20(27)18-19(28-11-22-18)13-2-4-14(21)5-3-13/h2-9,11H,10H2,1H3,(H,23,24,27). The van der Waals surface area contributed by atoms with Gasteiger partial charge in [-0.1, -0.05) is 11.6 Å². The highest BCUT2D eigenvalue weighted by Gasteiger charge is 2.19. The fraction of sp³-hybridized carbons (Fsp3) is 0.100. The van der Waals surface area contributed by atoms with Crippen LogP contribution in [0.25, 0.3) is 11.3 Å².